The fraction of sp³-hybridized carbons (Fsp3) is 0.517. The maximum absolute atomic E-state index is 14.0. The van der Waals surface area contributed by atoms with E-state index in [9.17, 15) is 31.9 Å². The third kappa shape index (κ3) is 9.03. The zero-order valence-corrected chi connectivity index (χ0v) is 24.8. The number of aliphatic hydroxyl groups excluding tert-OH is 1. The highest BCUT2D eigenvalue weighted by Gasteiger charge is 2.35. The Kier molecular flexibility index (Phi) is 11.4. The lowest BCUT2D eigenvalue weighted by Gasteiger charge is -2.37. The quantitative estimate of drug-likeness (QED) is 0.348. The van der Waals surface area contributed by atoms with Crippen molar-refractivity contribution in [1.29, 1.82) is 0 Å². The maximum Gasteiger partial charge on any atom is 0.253 e. The van der Waals surface area contributed by atoms with E-state index in [2.05, 4.69) is 10.6 Å². The van der Waals surface area contributed by atoms with Crippen molar-refractivity contribution in [2.75, 3.05) is 39.0 Å². The fourth-order valence-corrected chi connectivity index (χ4v) is 5.98. The summed E-state index contributed by atoms with van der Waals surface area (Å²) in [4.78, 5) is 28.5. The van der Waals surface area contributed by atoms with Crippen LogP contribution in [0.3, 0.4) is 0 Å². The molecular formula is C29H40F2N4O5S. The number of piperazine rings is 1. The second-order valence-corrected chi connectivity index (χ2v) is 12.6. The van der Waals surface area contributed by atoms with Crippen molar-refractivity contribution in [1.82, 2.24) is 19.8 Å². The third-order valence-corrected chi connectivity index (χ3v) is 8.29. The van der Waals surface area contributed by atoms with Gasteiger partial charge in [-0.25, -0.2) is 17.2 Å². The van der Waals surface area contributed by atoms with Crippen molar-refractivity contribution in [2.45, 2.75) is 58.2 Å². The van der Waals surface area contributed by atoms with Gasteiger partial charge < -0.3 is 20.6 Å². The molecule has 2 aromatic carbocycles. The molecule has 9 nitrogen and oxygen atoms in total. The Labute approximate surface area is 241 Å². The van der Waals surface area contributed by atoms with Crippen LogP contribution in [0.15, 0.2) is 36.4 Å². The maximum atomic E-state index is 14.0. The Bertz CT molecular complexity index is 1310. The summed E-state index contributed by atoms with van der Waals surface area (Å²) in [7, 11) is -3.53. The summed E-state index contributed by atoms with van der Waals surface area (Å²) in [6, 6.07) is 5.99. The van der Waals surface area contributed by atoms with E-state index in [0.717, 1.165) is 37.3 Å². The number of rotatable bonds is 12. The van der Waals surface area contributed by atoms with Crippen molar-refractivity contribution in [3.8, 4) is 0 Å². The highest BCUT2D eigenvalue weighted by atomic mass is 32.2. The van der Waals surface area contributed by atoms with E-state index in [1.165, 1.54) is 10.4 Å². The Morgan fingerprint density at radius 3 is 2.27 bits per heavy atom. The highest BCUT2D eigenvalue weighted by Crippen LogP contribution is 2.18. The third-order valence-electron chi connectivity index (χ3n) is 7.02. The Morgan fingerprint density at radius 2 is 1.68 bits per heavy atom. The number of aliphatic hydroxyl groups is 1. The van der Waals surface area contributed by atoms with Gasteiger partial charge in [0.25, 0.3) is 11.8 Å². The van der Waals surface area contributed by atoms with Crippen molar-refractivity contribution >= 4 is 21.8 Å². The van der Waals surface area contributed by atoms with Gasteiger partial charge in [-0.1, -0.05) is 13.8 Å². The predicted molar refractivity (Wildman–Crippen MR) is 153 cm³/mol. The minimum Gasteiger partial charge on any atom is -0.389 e. The molecule has 1 heterocycles. The first kappa shape index (κ1) is 32.6. The molecule has 0 radical (unpaired) electrons. The first-order chi connectivity index (χ1) is 19.3. The van der Waals surface area contributed by atoms with Crippen LogP contribution in [-0.4, -0.2) is 91.7 Å². The summed E-state index contributed by atoms with van der Waals surface area (Å²) < 4.78 is 53.4. The van der Waals surface area contributed by atoms with Crippen LogP contribution in [-0.2, 0) is 16.4 Å². The minimum atomic E-state index is -3.53. The standard InChI is InChI=1S/C29H40F2N4O5S/c1-5-8-34(9-6-2)29(38)22-12-19(3)11-21(16-22)28(37)33-25(15-20-13-23(30)17-24(31)14-20)27(36)26-18-35(10-7-32-26)41(4,39)40/h11-14,16-17,25-27,32,36H,5-10,15,18H2,1-4H3,(H,33,37)/t25-,26+,27?/m0/s1. The monoisotopic (exact) mass is 594 g/mol. The first-order valence-electron chi connectivity index (χ1n) is 13.9. The number of halogens is 2. The van der Waals surface area contributed by atoms with E-state index < -0.39 is 45.8 Å². The number of nitrogens with zero attached hydrogens (tertiary/aromatic N) is 2. The fourth-order valence-electron chi connectivity index (χ4n) is 5.13. The number of sulfonamides is 1. The Morgan fingerprint density at radius 1 is 1.07 bits per heavy atom. The van der Waals surface area contributed by atoms with Crippen LogP contribution in [0, 0.1) is 18.6 Å². The van der Waals surface area contributed by atoms with Crippen LogP contribution in [0.5, 0.6) is 0 Å². The zero-order valence-electron chi connectivity index (χ0n) is 24.0. The van der Waals surface area contributed by atoms with Crippen LogP contribution >= 0.6 is 0 Å². The predicted octanol–water partition coefficient (Wildman–Crippen LogP) is 2.47. The van der Waals surface area contributed by atoms with Gasteiger partial charge in [-0.15, -0.1) is 0 Å². The van der Waals surface area contributed by atoms with Gasteiger partial charge in [0, 0.05) is 56.0 Å². The molecule has 0 aromatic heterocycles. The number of carbonyl (C=O) groups is 2. The number of carbonyl (C=O) groups excluding carboxylic acids is 2. The molecule has 226 valence electrons. The van der Waals surface area contributed by atoms with Gasteiger partial charge in [0.2, 0.25) is 10.0 Å². The van der Waals surface area contributed by atoms with E-state index in [1.54, 1.807) is 24.0 Å². The lowest BCUT2D eigenvalue weighted by Crippen LogP contribution is -2.61. The molecule has 1 aliphatic heterocycles. The largest absolute Gasteiger partial charge is 0.389 e. The van der Waals surface area contributed by atoms with Gasteiger partial charge >= 0.3 is 0 Å². The Balaban J connectivity index is 1.91. The minimum absolute atomic E-state index is 0.0440. The number of aryl methyl sites for hydroxylation is 1. The average Bonchev–Trinajstić information content (AvgIpc) is 2.90. The molecule has 0 aliphatic carbocycles. The first-order valence-corrected chi connectivity index (χ1v) is 15.7. The van der Waals surface area contributed by atoms with Gasteiger partial charge in [0.05, 0.1) is 18.4 Å². The molecule has 3 atom stereocenters. The molecule has 3 rings (SSSR count). The molecule has 41 heavy (non-hydrogen) atoms. The summed E-state index contributed by atoms with van der Waals surface area (Å²) >= 11 is 0. The van der Waals surface area contributed by atoms with Crippen LogP contribution in [0.2, 0.25) is 0 Å². The molecule has 2 aromatic rings. The molecule has 12 heteroatoms. The molecular weight excluding hydrogens is 554 g/mol. The summed E-state index contributed by atoms with van der Waals surface area (Å²) in [5.74, 6) is -2.38. The average molecular weight is 595 g/mol. The van der Waals surface area contributed by atoms with E-state index in [-0.39, 0.29) is 43.1 Å². The highest BCUT2D eigenvalue weighted by molar-refractivity contribution is 7.88. The lowest BCUT2D eigenvalue weighted by molar-refractivity contribution is 0.0601. The van der Waals surface area contributed by atoms with Crippen molar-refractivity contribution in [2.24, 2.45) is 0 Å². The summed E-state index contributed by atoms with van der Waals surface area (Å²) in [6.45, 7) is 7.36. The summed E-state index contributed by atoms with van der Waals surface area (Å²) in [5, 5.41) is 17.2. The molecule has 1 saturated heterocycles. The smallest absolute Gasteiger partial charge is 0.253 e. The molecule has 3 N–H and O–H groups in total. The molecule has 1 aliphatic rings. The van der Waals surface area contributed by atoms with Crippen molar-refractivity contribution < 1.29 is 31.9 Å². The topological polar surface area (TPSA) is 119 Å². The molecule has 0 spiro atoms. The van der Waals surface area contributed by atoms with Crippen molar-refractivity contribution in [3.05, 3.63) is 70.3 Å². The van der Waals surface area contributed by atoms with E-state index in [4.69, 9.17) is 0 Å². The Hall–Kier alpha value is -2.93. The van der Waals surface area contributed by atoms with E-state index in [1.807, 2.05) is 13.8 Å². The normalized spacial score (nSPS) is 17.6. The lowest BCUT2D eigenvalue weighted by atomic mass is 9.94. The molecule has 0 saturated carbocycles. The molecule has 2 amide bonds. The van der Waals surface area contributed by atoms with Crippen molar-refractivity contribution in [3.63, 3.8) is 0 Å². The SMILES string of the molecule is CCCN(CCC)C(=O)c1cc(C)cc(C(=O)N[C@@H](Cc2cc(F)cc(F)c2)C(O)[C@H]2CN(S(C)(=O)=O)CCN2)c1. The number of hydrogen-bond acceptors (Lipinski definition) is 6. The van der Waals surface area contributed by atoms with Gasteiger partial charge in [-0.2, -0.15) is 4.31 Å². The molecule has 1 unspecified atom stereocenters. The second-order valence-electron chi connectivity index (χ2n) is 10.6. The van der Waals surface area contributed by atoms with Crippen LogP contribution in [0.1, 0.15) is 58.5 Å². The summed E-state index contributed by atoms with van der Waals surface area (Å²) in [5.41, 5.74) is 1.45. The zero-order chi connectivity index (χ0) is 30.3. The number of hydrogen-bond donors (Lipinski definition) is 3. The van der Waals surface area contributed by atoms with E-state index >= 15 is 0 Å². The van der Waals surface area contributed by atoms with Gasteiger partial charge in [0.1, 0.15) is 11.6 Å². The molecule has 0 bridgehead atoms. The van der Waals surface area contributed by atoms with Crippen LogP contribution in [0.4, 0.5) is 8.78 Å². The number of benzene rings is 2. The van der Waals surface area contributed by atoms with Crippen LogP contribution < -0.4 is 10.6 Å². The van der Waals surface area contributed by atoms with Crippen LogP contribution in [0.25, 0.3) is 0 Å². The number of nitrogens with one attached hydrogen (secondary N) is 2. The van der Waals surface area contributed by atoms with Gasteiger partial charge in [-0.05, 0) is 67.6 Å². The second kappa shape index (κ2) is 14.3. The van der Waals surface area contributed by atoms with Gasteiger partial charge in [0.15, 0.2) is 0 Å². The number of amides is 2. The summed E-state index contributed by atoms with van der Waals surface area (Å²) in [6.07, 6.45) is 1.21. The van der Waals surface area contributed by atoms with Gasteiger partial charge in [-0.3, -0.25) is 9.59 Å². The molecule has 1 fully saturated rings. The van der Waals surface area contributed by atoms with E-state index in [0.29, 0.717) is 24.2 Å².